The van der Waals surface area contributed by atoms with Crippen molar-refractivity contribution in [2.24, 2.45) is 11.7 Å². The van der Waals surface area contributed by atoms with Crippen LogP contribution >= 0.6 is 0 Å². The second-order valence-corrected chi connectivity index (χ2v) is 5.28. The molecule has 1 unspecified atom stereocenters. The number of nitrogens with two attached hydrogens (primary N) is 1. The summed E-state index contributed by atoms with van der Waals surface area (Å²) in [6.07, 6.45) is 3.85. The first-order chi connectivity index (χ1) is 8.23. The lowest BCUT2D eigenvalue weighted by atomic mass is 9.88. The second kappa shape index (κ2) is 5.19. The maximum Gasteiger partial charge on any atom is 0.0357 e. The highest BCUT2D eigenvalue weighted by Crippen LogP contribution is 2.44. The number of nitrogens with zero attached hydrogens (tertiary/aromatic N) is 1. The fourth-order valence-electron chi connectivity index (χ4n) is 2.97. The smallest absolute Gasteiger partial charge is 0.0357 e. The predicted molar refractivity (Wildman–Crippen MR) is 72.7 cm³/mol. The molecule has 1 aliphatic carbocycles. The second-order valence-electron chi connectivity index (χ2n) is 5.28. The van der Waals surface area contributed by atoms with Crippen molar-refractivity contribution in [2.75, 3.05) is 13.6 Å². The number of hydrogen-bond acceptors (Lipinski definition) is 2. The summed E-state index contributed by atoms with van der Waals surface area (Å²) in [5.74, 6) is 0.811. The lowest BCUT2D eigenvalue weighted by Crippen LogP contribution is -2.53. The fraction of sp³-hybridized carbons (Fsp3) is 0.600. The Morgan fingerprint density at radius 2 is 1.94 bits per heavy atom. The van der Waals surface area contributed by atoms with E-state index in [0.29, 0.717) is 0 Å². The molecule has 1 aromatic rings. The lowest BCUT2D eigenvalue weighted by Gasteiger charge is -2.41. The van der Waals surface area contributed by atoms with Crippen LogP contribution in [-0.4, -0.2) is 24.0 Å². The molecule has 2 rings (SSSR count). The third-order valence-electron chi connectivity index (χ3n) is 4.33. The van der Waals surface area contributed by atoms with Crippen molar-refractivity contribution in [2.45, 2.75) is 38.3 Å². The highest BCUT2D eigenvalue weighted by molar-refractivity contribution is 5.15. The van der Waals surface area contributed by atoms with E-state index in [4.69, 9.17) is 5.73 Å². The van der Waals surface area contributed by atoms with Gasteiger partial charge >= 0.3 is 0 Å². The monoisotopic (exact) mass is 232 g/mol. The summed E-state index contributed by atoms with van der Waals surface area (Å²) < 4.78 is 0. The molecular formula is C15H24N2. The Kier molecular flexibility index (Phi) is 3.85. The highest BCUT2D eigenvalue weighted by atomic mass is 15.2. The molecule has 17 heavy (non-hydrogen) atoms. The van der Waals surface area contributed by atoms with Gasteiger partial charge in [-0.2, -0.15) is 0 Å². The van der Waals surface area contributed by atoms with Gasteiger partial charge in [-0.05, 0) is 37.8 Å². The van der Waals surface area contributed by atoms with Gasteiger partial charge in [-0.25, -0.2) is 0 Å². The van der Waals surface area contributed by atoms with Gasteiger partial charge in [-0.15, -0.1) is 0 Å². The molecule has 0 saturated heterocycles. The maximum atomic E-state index is 6.07. The van der Waals surface area contributed by atoms with E-state index in [-0.39, 0.29) is 5.54 Å². The summed E-state index contributed by atoms with van der Waals surface area (Å²) in [6.45, 7) is 4.05. The topological polar surface area (TPSA) is 29.3 Å². The predicted octanol–water partition coefficient (Wildman–Crippen LogP) is 2.64. The fourth-order valence-corrected chi connectivity index (χ4v) is 2.97. The Morgan fingerprint density at radius 1 is 1.29 bits per heavy atom. The molecule has 0 amide bonds. The van der Waals surface area contributed by atoms with E-state index >= 15 is 0 Å². The summed E-state index contributed by atoms with van der Waals surface area (Å²) in [7, 11) is 2.22. The van der Waals surface area contributed by atoms with E-state index in [2.05, 4.69) is 49.2 Å². The number of hydrogen-bond donors (Lipinski definition) is 1. The van der Waals surface area contributed by atoms with E-state index < -0.39 is 0 Å². The van der Waals surface area contributed by atoms with Gasteiger partial charge in [-0.3, -0.25) is 4.90 Å². The van der Waals surface area contributed by atoms with Crippen LogP contribution in [0.4, 0.5) is 0 Å². The number of likely N-dealkylation sites (N-methyl/N-ethyl adjacent to an activating group) is 1. The van der Waals surface area contributed by atoms with Crippen LogP contribution < -0.4 is 5.73 Å². The number of benzene rings is 1. The van der Waals surface area contributed by atoms with Gasteiger partial charge in [0.2, 0.25) is 0 Å². The highest BCUT2D eigenvalue weighted by Gasteiger charge is 2.45. The molecule has 0 aliphatic heterocycles. The average molecular weight is 232 g/mol. The minimum Gasteiger partial charge on any atom is -0.329 e. The molecule has 2 N–H and O–H groups in total. The third kappa shape index (κ3) is 2.53. The number of rotatable bonds is 6. The first-order valence-corrected chi connectivity index (χ1v) is 6.68. The van der Waals surface area contributed by atoms with Crippen LogP contribution in [0.3, 0.4) is 0 Å². The van der Waals surface area contributed by atoms with Crippen molar-refractivity contribution in [3.63, 3.8) is 0 Å². The van der Waals surface area contributed by atoms with Gasteiger partial charge in [0.25, 0.3) is 0 Å². The molecule has 1 aromatic carbocycles. The molecule has 2 heteroatoms. The van der Waals surface area contributed by atoms with Crippen LogP contribution in [0.15, 0.2) is 30.3 Å². The molecule has 1 atom stereocenters. The Bertz CT molecular complexity index is 339. The Hall–Kier alpha value is -0.860. The van der Waals surface area contributed by atoms with Gasteiger partial charge in [0.1, 0.15) is 0 Å². The molecule has 1 fully saturated rings. The van der Waals surface area contributed by atoms with Crippen molar-refractivity contribution in [1.29, 1.82) is 0 Å². The van der Waals surface area contributed by atoms with Gasteiger partial charge in [0, 0.05) is 18.6 Å². The molecule has 0 spiro atoms. The SMILES string of the molecule is CCC(CN)(C1CC1)N(C)Cc1ccccc1. The quantitative estimate of drug-likeness (QED) is 0.817. The summed E-state index contributed by atoms with van der Waals surface area (Å²) in [4.78, 5) is 2.47. The summed E-state index contributed by atoms with van der Waals surface area (Å²) in [5.41, 5.74) is 7.67. The van der Waals surface area contributed by atoms with Crippen LogP contribution in [0.25, 0.3) is 0 Å². The Labute approximate surface area is 105 Å². The minimum absolute atomic E-state index is 0.218. The van der Waals surface area contributed by atoms with Gasteiger partial charge in [0.05, 0.1) is 0 Å². The van der Waals surface area contributed by atoms with Crippen molar-refractivity contribution in [3.8, 4) is 0 Å². The average Bonchev–Trinajstić information content (AvgIpc) is 3.17. The van der Waals surface area contributed by atoms with E-state index in [1.54, 1.807) is 0 Å². The van der Waals surface area contributed by atoms with E-state index in [1.807, 2.05) is 0 Å². The van der Waals surface area contributed by atoms with Gasteiger partial charge < -0.3 is 5.73 Å². The Balaban J connectivity index is 2.09. The minimum atomic E-state index is 0.218. The van der Waals surface area contributed by atoms with Gasteiger partial charge in [-0.1, -0.05) is 37.3 Å². The molecule has 0 aromatic heterocycles. The van der Waals surface area contributed by atoms with Crippen molar-refractivity contribution in [3.05, 3.63) is 35.9 Å². The molecule has 0 radical (unpaired) electrons. The van der Waals surface area contributed by atoms with Crippen LogP contribution in [0.5, 0.6) is 0 Å². The van der Waals surface area contributed by atoms with Crippen molar-refractivity contribution in [1.82, 2.24) is 4.90 Å². The third-order valence-corrected chi connectivity index (χ3v) is 4.33. The van der Waals surface area contributed by atoms with E-state index in [1.165, 1.54) is 18.4 Å². The summed E-state index contributed by atoms with van der Waals surface area (Å²) in [5, 5.41) is 0. The standard InChI is InChI=1S/C15H24N2/c1-3-15(12-16,14-9-10-14)17(2)11-13-7-5-4-6-8-13/h4-8,14H,3,9-12,16H2,1-2H3. The summed E-state index contributed by atoms with van der Waals surface area (Å²) in [6, 6.07) is 10.7. The summed E-state index contributed by atoms with van der Waals surface area (Å²) >= 11 is 0. The first kappa shape index (κ1) is 12.6. The largest absolute Gasteiger partial charge is 0.329 e. The zero-order chi connectivity index (χ0) is 12.3. The van der Waals surface area contributed by atoms with E-state index in [0.717, 1.165) is 25.4 Å². The van der Waals surface area contributed by atoms with Crippen LogP contribution in [0.1, 0.15) is 31.7 Å². The van der Waals surface area contributed by atoms with Gasteiger partial charge in [0.15, 0.2) is 0 Å². The molecule has 94 valence electrons. The van der Waals surface area contributed by atoms with Crippen LogP contribution in [0.2, 0.25) is 0 Å². The van der Waals surface area contributed by atoms with Crippen molar-refractivity contribution >= 4 is 0 Å². The van der Waals surface area contributed by atoms with Crippen LogP contribution in [0, 0.1) is 5.92 Å². The first-order valence-electron chi connectivity index (χ1n) is 6.68. The van der Waals surface area contributed by atoms with E-state index in [9.17, 15) is 0 Å². The molecule has 0 bridgehead atoms. The molecule has 0 heterocycles. The van der Waals surface area contributed by atoms with Crippen molar-refractivity contribution < 1.29 is 0 Å². The molecular weight excluding hydrogens is 208 g/mol. The molecule has 1 saturated carbocycles. The molecule has 1 aliphatic rings. The zero-order valence-corrected chi connectivity index (χ0v) is 11.0. The van der Waals surface area contributed by atoms with Crippen LogP contribution in [-0.2, 0) is 6.54 Å². The molecule has 2 nitrogen and oxygen atoms in total. The lowest BCUT2D eigenvalue weighted by molar-refractivity contribution is 0.0891. The normalized spacial score (nSPS) is 19.3. The Morgan fingerprint density at radius 3 is 2.41 bits per heavy atom. The zero-order valence-electron chi connectivity index (χ0n) is 11.0. The maximum absolute atomic E-state index is 6.07.